The molecule has 0 unspecified atom stereocenters. The van der Waals surface area contributed by atoms with Crippen LogP contribution >= 0.6 is 0 Å². The molecule has 0 fully saturated rings. The molecule has 3 nitrogen and oxygen atoms in total. The summed E-state index contributed by atoms with van der Waals surface area (Å²) < 4.78 is 81.9. The van der Waals surface area contributed by atoms with Gasteiger partial charge in [0.25, 0.3) is 0 Å². The summed E-state index contributed by atoms with van der Waals surface area (Å²) in [5.41, 5.74) is 0. The van der Waals surface area contributed by atoms with Crippen molar-refractivity contribution in [2.24, 2.45) is 0 Å². The van der Waals surface area contributed by atoms with E-state index in [4.69, 9.17) is 15.0 Å². The standard InChI is InChI=1S/C2H4F2O2.C2H2F2O.2C2H5F.2CH3F/c3-1-2(4,5)6;3-1-2(4)5;2*1-2-3;2*1-2/h5-6H,1H2;1H2;2*2H2,1H3;2*1H3. The molecule has 0 aliphatic rings. The van der Waals surface area contributed by atoms with Crippen LogP contribution in [0.5, 0.6) is 0 Å². The normalized spacial score (nSPS) is 7.52. The molecule has 0 amide bonds. The molecule has 0 atom stereocenters. The Hall–Kier alpha value is -0.970. The molecule has 0 aromatic carbocycles. The maximum Gasteiger partial charge on any atom is 0.344 e. The number of halogens is 8. The lowest BCUT2D eigenvalue weighted by Crippen LogP contribution is -2.22. The SMILES string of the molecule is CCF.CCF.CF.CF.O=C(F)CF.OC(O)(F)CF. The molecule has 136 valence electrons. The Morgan fingerprint density at radius 3 is 1.00 bits per heavy atom. The van der Waals surface area contributed by atoms with Crippen LogP contribution in [-0.2, 0) is 4.79 Å². The van der Waals surface area contributed by atoms with E-state index in [2.05, 4.69) is 0 Å². The van der Waals surface area contributed by atoms with E-state index in [0.717, 1.165) is 0 Å². The molecule has 0 aliphatic heterocycles. The highest BCUT2D eigenvalue weighted by molar-refractivity contribution is 5.68. The summed E-state index contributed by atoms with van der Waals surface area (Å²) in [6.45, 7) is -0.868. The van der Waals surface area contributed by atoms with Crippen molar-refractivity contribution < 1.29 is 50.1 Å². The number of aliphatic hydroxyl groups is 2. The first-order chi connectivity index (χ1) is 9.66. The van der Waals surface area contributed by atoms with Crippen LogP contribution in [0.2, 0.25) is 0 Å². The topological polar surface area (TPSA) is 57.5 Å². The molecule has 21 heavy (non-hydrogen) atoms. The van der Waals surface area contributed by atoms with Gasteiger partial charge in [0.2, 0.25) is 0 Å². The molecule has 0 rings (SSSR count). The van der Waals surface area contributed by atoms with E-state index in [9.17, 15) is 35.1 Å². The van der Waals surface area contributed by atoms with E-state index in [1.165, 1.54) is 13.8 Å². The molecule has 0 heterocycles. The minimum absolute atomic E-state index is 0.250. The van der Waals surface area contributed by atoms with Gasteiger partial charge in [-0.3, -0.25) is 22.4 Å². The highest BCUT2D eigenvalue weighted by atomic mass is 19.2. The van der Waals surface area contributed by atoms with Crippen molar-refractivity contribution in [2.75, 3.05) is 41.1 Å². The third-order valence-electron chi connectivity index (χ3n) is 0.275. The van der Waals surface area contributed by atoms with Gasteiger partial charge in [0.15, 0.2) is 13.3 Å². The molecule has 0 saturated carbocycles. The second kappa shape index (κ2) is 42.7. The second-order valence-corrected chi connectivity index (χ2v) is 1.88. The van der Waals surface area contributed by atoms with Gasteiger partial charge in [-0.1, -0.05) is 0 Å². The lowest BCUT2D eigenvalue weighted by molar-refractivity contribution is -0.265. The molecule has 0 radical (unpaired) electrons. The average Bonchev–Trinajstić information content (AvgIpc) is 2.45. The second-order valence-electron chi connectivity index (χ2n) is 1.88. The Morgan fingerprint density at radius 1 is 0.905 bits per heavy atom. The average molecular weight is 342 g/mol. The van der Waals surface area contributed by atoms with E-state index in [-0.39, 0.29) is 13.3 Å². The molecule has 0 aromatic heterocycles. The fourth-order valence-corrected chi connectivity index (χ4v) is 0. The van der Waals surface area contributed by atoms with Crippen LogP contribution in [0, 0.1) is 0 Å². The molecule has 11 heteroatoms. The molecule has 2 N–H and O–H groups in total. The van der Waals surface area contributed by atoms with Gasteiger partial charge in [0, 0.05) is 0 Å². The van der Waals surface area contributed by atoms with E-state index >= 15 is 0 Å². The Balaban J connectivity index is -0.0000000342. The number of carbonyl (C=O) groups excluding carboxylic acids is 1. The zero-order valence-electron chi connectivity index (χ0n) is 12.2. The summed E-state index contributed by atoms with van der Waals surface area (Å²) >= 11 is 0. The first-order valence-electron chi connectivity index (χ1n) is 4.98. The van der Waals surface area contributed by atoms with Crippen LogP contribution in [0.1, 0.15) is 13.8 Å². The minimum atomic E-state index is -3.62. The Labute approximate surface area is 118 Å². The third-order valence-corrected chi connectivity index (χ3v) is 0.275. The Morgan fingerprint density at radius 2 is 1.00 bits per heavy atom. The van der Waals surface area contributed by atoms with Crippen LogP contribution in [-0.4, -0.2) is 63.3 Å². The highest BCUT2D eigenvalue weighted by Crippen LogP contribution is 1.98. The number of rotatable bonds is 2. The van der Waals surface area contributed by atoms with Gasteiger partial charge in [-0.2, -0.15) is 8.78 Å². The van der Waals surface area contributed by atoms with Crippen LogP contribution < -0.4 is 0 Å². The van der Waals surface area contributed by atoms with Crippen molar-refractivity contribution >= 4 is 6.04 Å². The van der Waals surface area contributed by atoms with Gasteiger partial charge in [0.05, 0.1) is 27.7 Å². The van der Waals surface area contributed by atoms with E-state index in [1.54, 1.807) is 0 Å². The molecule has 0 aromatic rings. The lowest BCUT2D eigenvalue weighted by Gasteiger charge is -2.01. The maximum atomic E-state index is 10.9. The van der Waals surface area contributed by atoms with Gasteiger partial charge in [0.1, 0.15) is 0 Å². The van der Waals surface area contributed by atoms with Crippen molar-refractivity contribution in [1.29, 1.82) is 0 Å². The van der Waals surface area contributed by atoms with E-state index in [1.807, 2.05) is 0 Å². The zero-order chi connectivity index (χ0) is 18.9. The first-order valence-corrected chi connectivity index (χ1v) is 4.98. The summed E-state index contributed by atoms with van der Waals surface area (Å²) in [6.07, 6.45) is 0. The Kier molecular flexibility index (Phi) is 75.0. The minimum Gasteiger partial charge on any atom is -0.338 e. The predicted octanol–water partition coefficient (Wildman–Crippen LogP) is 3.14. The maximum absolute atomic E-state index is 10.9. The first kappa shape index (κ1) is 36.9. The molecular weight excluding hydrogens is 320 g/mol. The molecule has 0 bridgehead atoms. The van der Waals surface area contributed by atoms with E-state index < -0.39 is 25.4 Å². The van der Waals surface area contributed by atoms with Crippen LogP contribution in [0.4, 0.5) is 35.1 Å². The van der Waals surface area contributed by atoms with Crippen molar-refractivity contribution in [1.82, 2.24) is 0 Å². The smallest absolute Gasteiger partial charge is 0.338 e. The molecular formula is C10H22F8O3. The number of alkyl halides is 7. The number of carbonyl (C=O) groups is 1. The van der Waals surface area contributed by atoms with Gasteiger partial charge in [-0.15, -0.1) is 0 Å². The largest absolute Gasteiger partial charge is 0.344 e. The monoisotopic (exact) mass is 342 g/mol. The summed E-state index contributed by atoms with van der Waals surface area (Å²) in [5, 5.41) is 14.7. The third kappa shape index (κ3) is 340. The van der Waals surface area contributed by atoms with Gasteiger partial charge in [-0.25, -0.2) is 8.78 Å². The fraction of sp³-hybridized carbons (Fsp3) is 0.900. The van der Waals surface area contributed by atoms with Crippen molar-refractivity contribution in [3.63, 3.8) is 0 Å². The summed E-state index contributed by atoms with van der Waals surface area (Å²) in [7, 11) is 1.00. The fourth-order valence-electron chi connectivity index (χ4n) is 0. The highest BCUT2D eigenvalue weighted by Gasteiger charge is 2.19. The summed E-state index contributed by atoms with van der Waals surface area (Å²) in [6, 6.07) is -5.54. The summed E-state index contributed by atoms with van der Waals surface area (Å²) in [4.78, 5) is 8.77. The predicted molar refractivity (Wildman–Crippen MR) is 63.7 cm³/mol. The number of hydrogen-bond acceptors (Lipinski definition) is 3. The van der Waals surface area contributed by atoms with Crippen LogP contribution in [0.3, 0.4) is 0 Å². The lowest BCUT2D eigenvalue weighted by atomic mass is 10.7. The molecule has 0 spiro atoms. The van der Waals surface area contributed by atoms with Crippen molar-refractivity contribution in [2.45, 2.75) is 19.9 Å². The van der Waals surface area contributed by atoms with Gasteiger partial charge < -0.3 is 10.2 Å². The van der Waals surface area contributed by atoms with Gasteiger partial charge >= 0.3 is 12.1 Å². The summed E-state index contributed by atoms with van der Waals surface area (Å²) in [5.74, 6) is 0. The van der Waals surface area contributed by atoms with Crippen LogP contribution in [0.25, 0.3) is 0 Å². The number of hydrogen-bond donors (Lipinski definition) is 2. The quantitative estimate of drug-likeness (QED) is 0.460. The van der Waals surface area contributed by atoms with Crippen molar-refractivity contribution in [3.05, 3.63) is 0 Å². The zero-order valence-corrected chi connectivity index (χ0v) is 12.2. The Bertz CT molecular complexity index is 143. The van der Waals surface area contributed by atoms with Crippen molar-refractivity contribution in [3.8, 4) is 0 Å². The molecule has 0 saturated heterocycles. The van der Waals surface area contributed by atoms with Crippen LogP contribution in [0.15, 0.2) is 0 Å². The van der Waals surface area contributed by atoms with Gasteiger partial charge in [-0.05, 0) is 13.8 Å². The molecule has 0 aliphatic carbocycles. The van der Waals surface area contributed by atoms with E-state index in [0.29, 0.717) is 14.4 Å².